The van der Waals surface area contributed by atoms with E-state index in [2.05, 4.69) is 25.9 Å². The minimum absolute atomic E-state index is 0.185. The van der Waals surface area contributed by atoms with Crippen LogP contribution < -0.4 is 0 Å². The van der Waals surface area contributed by atoms with Crippen LogP contribution in [0.4, 0.5) is 5.69 Å². The van der Waals surface area contributed by atoms with Gasteiger partial charge in [0.25, 0.3) is 0 Å². The number of phenolic OH excluding ortho intramolecular Hbond substituents is 1. The maximum Gasteiger partial charge on any atom is 0.227 e. The molecule has 128 valence electrons. The largest absolute Gasteiger partial charge is 0.507 e. The Kier molecular flexibility index (Phi) is 4.31. The van der Waals surface area contributed by atoms with Crippen molar-refractivity contribution >= 4 is 38.9 Å². The van der Waals surface area contributed by atoms with E-state index < -0.39 is 0 Å². The number of aromatic nitrogens is 1. The fourth-order valence-corrected chi connectivity index (χ4v) is 3.13. The number of nitrogens with zero attached hydrogens (tertiary/aromatic N) is 2. The summed E-state index contributed by atoms with van der Waals surface area (Å²) in [5.41, 5.74) is 4.89. The molecule has 0 radical (unpaired) electrons. The molecule has 1 aromatic heterocycles. The van der Waals surface area contributed by atoms with Crippen LogP contribution in [0.25, 0.3) is 22.6 Å². The summed E-state index contributed by atoms with van der Waals surface area (Å²) in [6, 6.07) is 18.7. The highest BCUT2D eigenvalue weighted by molar-refractivity contribution is 9.10. The second kappa shape index (κ2) is 6.77. The van der Waals surface area contributed by atoms with E-state index >= 15 is 0 Å². The van der Waals surface area contributed by atoms with Crippen LogP contribution in [0.15, 0.2) is 74.5 Å². The van der Waals surface area contributed by atoms with Gasteiger partial charge in [0.05, 0.1) is 5.69 Å². The molecule has 4 rings (SSSR count). The molecule has 1 heterocycles. The molecule has 0 bridgehead atoms. The topological polar surface area (TPSA) is 58.6 Å². The number of benzene rings is 3. The van der Waals surface area contributed by atoms with Crippen LogP contribution in [0, 0.1) is 6.92 Å². The molecule has 1 N–H and O–H groups in total. The molecular formula is C21H15BrN2O2. The van der Waals surface area contributed by atoms with Crippen molar-refractivity contribution in [2.24, 2.45) is 4.99 Å². The monoisotopic (exact) mass is 406 g/mol. The Balaban J connectivity index is 1.74. The summed E-state index contributed by atoms with van der Waals surface area (Å²) in [6.45, 7) is 1.98. The van der Waals surface area contributed by atoms with Gasteiger partial charge in [-0.15, -0.1) is 0 Å². The van der Waals surface area contributed by atoms with Gasteiger partial charge in [0.2, 0.25) is 5.89 Å². The van der Waals surface area contributed by atoms with Crippen LogP contribution >= 0.6 is 15.9 Å². The molecule has 0 spiro atoms. The smallest absolute Gasteiger partial charge is 0.227 e. The Bertz CT molecular complexity index is 1100. The molecule has 5 heteroatoms. The van der Waals surface area contributed by atoms with E-state index in [9.17, 15) is 5.11 Å². The van der Waals surface area contributed by atoms with E-state index in [0.717, 1.165) is 32.4 Å². The third-order valence-electron chi connectivity index (χ3n) is 4.16. The van der Waals surface area contributed by atoms with Crippen molar-refractivity contribution in [1.29, 1.82) is 0 Å². The fraction of sp³-hybridized carbons (Fsp3) is 0.0476. The number of para-hydroxylation sites is 2. The first-order chi connectivity index (χ1) is 12.6. The van der Waals surface area contributed by atoms with Gasteiger partial charge in [0.15, 0.2) is 5.58 Å². The number of rotatable bonds is 3. The lowest BCUT2D eigenvalue weighted by Crippen LogP contribution is -1.86. The Hall–Kier alpha value is -2.92. The number of hydrogen-bond donors (Lipinski definition) is 1. The molecule has 0 saturated heterocycles. The van der Waals surface area contributed by atoms with E-state index in [4.69, 9.17) is 4.42 Å². The average Bonchev–Trinajstić information content (AvgIpc) is 3.07. The van der Waals surface area contributed by atoms with E-state index in [1.807, 2.05) is 55.5 Å². The minimum atomic E-state index is 0.185. The predicted octanol–water partition coefficient (Wildman–Crippen LogP) is 6.02. The lowest BCUT2D eigenvalue weighted by molar-refractivity contribution is 0.474. The van der Waals surface area contributed by atoms with Crippen molar-refractivity contribution in [2.45, 2.75) is 6.92 Å². The zero-order chi connectivity index (χ0) is 18.1. The number of aliphatic imine (C=N–C) groups is 1. The number of halogens is 1. The van der Waals surface area contributed by atoms with E-state index in [0.29, 0.717) is 11.5 Å². The molecule has 0 aliphatic heterocycles. The van der Waals surface area contributed by atoms with Gasteiger partial charge in [-0.25, -0.2) is 4.98 Å². The molecular weight excluding hydrogens is 392 g/mol. The highest BCUT2D eigenvalue weighted by Gasteiger charge is 2.12. The molecule has 3 aromatic carbocycles. The normalized spacial score (nSPS) is 11.5. The molecule has 4 nitrogen and oxygen atoms in total. The minimum Gasteiger partial charge on any atom is -0.507 e. The maximum atomic E-state index is 9.96. The SMILES string of the molecule is Cc1c(N=Cc2cc(Br)ccc2O)cccc1-c1nc2ccccc2o1. The van der Waals surface area contributed by atoms with Gasteiger partial charge in [-0.1, -0.05) is 34.1 Å². The van der Waals surface area contributed by atoms with E-state index in [1.54, 1.807) is 18.3 Å². The summed E-state index contributed by atoms with van der Waals surface area (Å²) in [5, 5.41) is 9.96. The van der Waals surface area contributed by atoms with Crippen LogP contribution in [-0.2, 0) is 0 Å². The van der Waals surface area contributed by atoms with Crippen molar-refractivity contribution in [1.82, 2.24) is 4.98 Å². The van der Waals surface area contributed by atoms with Crippen LogP contribution in [0.1, 0.15) is 11.1 Å². The van der Waals surface area contributed by atoms with Gasteiger partial charge in [0.1, 0.15) is 11.3 Å². The number of oxazole rings is 1. The highest BCUT2D eigenvalue weighted by Crippen LogP contribution is 2.32. The second-order valence-electron chi connectivity index (χ2n) is 5.90. The quantitative estimate of drug-likeness (QED) is 0.423. The lowest BCUT2D eigenvalue weighted by Gasteiger charge is -2.05. The van der Waals surface area contributed by atoms with Gasteiger partial charge in [-0.05, 0) is 55.0 Å². The van der Waals surface area contributed by atoms with Gasteiger partial charge in [0, 0.05) is 21.8 Å². The first-order valence-corrected chi connectivity index (χ1v) is 8.89. The third kappa shape index (κ3) is 3.13. The van der Waals surface area contributed by atoms with Gasteiger partial charge in [-0.3, -0.25) is 4.99 Å². The molecule has 0 aliphatic carbocycles. The summed E-state index contributed by atoms with van der Waals surface area (Å²) in [6.07, 6.45) is 1.65. The fourth-order valence-electron chi connectivity index (χ4n) is 2.75. The molecule has 4 aromatic rings. The first-order valence-electron chi connectivity index (χ1n) is 8.10. The summed E-state index contributed by atoms with van der Waals surface area (Å²) in [5.74, 6) is 0.760. The van der Waals surface area contributed by atoms with E-state index in [-0.39, 0.29) is 5.75 Å². The molecule has 0 atom stereocenters. The Morgan fingerprint density at radius 3 is 2.77 bits per heavy atom. The summed E-state index contributed by atoms with van der Waals surface area (Å²) in [4.78, 5) is 9.11. The number of fused-ring (bicyclic) bond motifs is 1. The lowest BCUT2D eigenvalue weighted by atomic mass is 10.1. The van der Waals surface area contributed by atoms with Crippen molar-refractivity contribution in [2.75, 3.05) is 0 Å². The van der Waals surface area contributed by atoms with Crippen LogP contribution in [0.5, 0.6) is 5.75 Å². The van der Waals surface area contributed by atoms with Crippen LogP contribution in [-0.4, -0.2) is 16.3 Å². The predicted molar refractivity (Wildman–Crippen MR) is 107 cm³/mol. The van der Waals surface area contributed by atoms with Crippen LogP contribution in [0.3, 0.4) is 0 Å². The van der Waals surface area contributed by atoms with Crippen molar-refractivity contribution in [3.05, 3.63) is 76.3 Å². The summed E-state index contributed by atoms with van der Waals surface area (Å²) >= 11 is 3.40. The molecule has 0 aliphatic rings. The molecule has 26 heavy (non-hydrogen) atoms. The first kappa shape index (κ1) is 16.5. The zero-order valence-corrected chi connectivity index (χ0v) is 15.6. The second-order valence-corrected chi connectivity index (χ2v) is 6.81. The third-order valence-corrected chi connectivity index (χ3v) is 4.66. The Labute approximate surface area is 159 Å². The van der Waals surface area contributed by atoms with Gasteiger partial charge < -0.3 is 9.52 Å². The van der Waals surface area contributed by atoms with Crippen LogP contribution in [0.2, 0.25) is 0 Å². The van der Waals surface area contributed by atoms with Gasteiger partial charge in [-0.2, -0.15) is 0 Å². The zero-order valence-electron chi connectivity index (χ0n) is 14.0. The molecule has 0 amide bonds. The van der Waals surface area contributed by atoms with Crippen molar-refractivity contribution in [3.8, 4) is 17.2 Å². The number of hydrogen-bond acceptors (Lipinski definition) is 4. The number of aromatic hydroxyl groups is 1. The Morgan fingerprint density at radius 1 is 1.08 bits per heavy atom. The summed E-state index contributed by atoms with van der Waals surface area (Å²) in [7, 11) is 0. The molecule has 0 saturated carbocycles. The van der Waals surface area contributed by atoms with Crippen molar-refractivity contribution < 1.29 is 9.52 Å². The Morgan fingerprint density at radius 2 is 1.92 bits per heavy atom. The van der Waals surface area contributed by atoms with Gasteiger partial charge >= 0.3 is 0 Å². The number of phenols is 1. The maximum absolute atomic E-state index is 9.96. The molecule has 0 unspecified atom stereocenters. The highest BCUT2D eigenvalue weighted by atomic mass is 79.9. The van der Waals surface area contributed by atoms with Crippen molar-refractivity contribution in [3.63, 3.8) is 0 Å². The van der Waals surface area contributed by atoms with E-state index in [1.165, 1.54) is 0 Å². The average molecular weight is 407 g/mol. The molecule has 0 fully saturated rings. The summed E-state index contributed by atoms with van der Waals surface area (Å²) < 4.78 is 6.76. The standard InChI is InChI=1S/C21H15BrN2O2/c1-13-16(21-24-18-6-2-3-8-20(18)26-21)5-4-7-17(13)23-12-14-11-15(22)9-10-19(14)25/h2-12,25H,1H3.